The molecular weight excluding hydrogens is 450 g/mol. The van der Waals surface area contributed by atoms with Crippen LogP contribution in [0, 0.1) is 0 Å². The minimum atomic E-state index is -1.16. The number of amides is 2. The molecule has 0 saturated heterocycles. The number of aromatic nitrogens is 2. The first kappa shape index (κ1) is 24.0. The lowest BCUT2D eigenvalue weighted by Gasteiger charge is -2.19. The van der Waals surface area contributed by atoms with Gasteiger partial charge in [-0.15, -0.1) is 0 Å². The molecule has 10 heteroatoms. The minimum Gasteiger partial charge on any atom is -0.480 e. The van der Waals surface area contributed by atoms with Gasteiger partial charge in [0.05, 0.1) is 6.20 Å². The lowest BCUT2D eigenvalue weighted by molar-refractivity contribution is -0.139. The van der Waals surface area contributed by atoms with E-state index < -0.39 is 24.0 Å². The average Bonchev–Trinajstić information content (AvgIpc) is 3.34. The molecule has 0 unspecified atom stereocenters. The smallest absolute Gasteiger partial charge is 0.412 e. The van der Waals surface area contributed by atoms with E-state index in [0.29, 0.717) is 0 Å². The molecule has 2 aromatic carbocycles. The van der Waals surface area contributed by atoms with Crippen LogP contribution in [0.15, 0.2) is 54.7 Å². The molecular formula is C25H27N5O5. The number of aryl methyl sites for hydroxylation is 1. The quantitative estimate of drug-likeness (QED) is 0.455. The van der Waals surface area contributed by atoms with Gasteiger partial charge in [0.25, 0.3) is 5.91 Å². The van der Waals surface area contributed by atoms with Crippen LogP contribution in [-0.2, 0) is 16.6 Å². The van der Waals surface area contributed by atoms with Gasteiger partial charge in [-0.05, 0) is 36.3 Å². The minimum absolute atomic E-state index is 0.0333. The maximum Gasteiger partial charge on any atom is 0.412 e. The number of carboxylic acids is 1. The molecule has 0 fully saturated rings. The second-order valence-corrected chi connectivity index (χ2v) is 8.61. The highest BCUT2D eigenvalue weighted by Crippen LogP contribution is 2.44. The maximum atomic E-state index is 12.8. The predicted octanol–water partition coefficient (Wildman–Crippen LogP) is 2.53. The molecule has 35 heavy (non-hydrogen) atoms. The molecule has 1 aliphatic rings. The third-order valence-electron chi connectivity index (χ3n) is 5.90. The van der Waals surface area contributed by atoms with E-state index >= 15 is 0 Å². The molecule has 182 valence electrons. The van der Waals surface area contributed by atoms with Crippen LogP contribution in [0.1, 0.15) is 27.4 Å². The number of rotatable bonds is 8. The van der Waals surface area contributed by atoms with Crippen LogP contribution in [0.2, 0.25) is 0 Å². The van der Waals surface area contributed by atoms with E-state index in [9.17, 15) is 19.5 Å². The van der Waals surface area contributed by atoms with Crippen molar-refractivity contribution in [1.29, 1.82) is 0 Å². The fourth-order valence-corrected chi connectivity index (χ4v) is 4.27. The Morgan fingerprint density at radius 3 is 2.26 bits per heavy atom. The number of hydrogen-bond acceptors (Lipinski definition) is 6. The Bertz CT molecular complexity index is 1220. The average molecular weight is 478 g/mol. The number of carboxylic acid groups (broad SMARTS) is 1. The maximum absolute atomic E-state index is 12.8. The number of benzene rings is 2. The molecule has 10 nitrogen and oxygen atoms in total. The van der Waals surface area contributed by atoms with Crippen LogP contribution in [0.3, 0.4) is 0 Å². The van der Waals surface area contributed by atoms with E-state index in [1.54, 1.807) is 26.0 Å². The van der Waals surface area contributed by atoms with Crippen LogP contribution >= 0.6 is 0 Å². The fourth-order valence-electron chi connectivity index (χ4n) is 4.27. The van der Waals surface area contributed by atoms with Crippen molar-refractivity contribution in [2.24, 2.45) is 7.05 Å². The molecule has 0 spiro atoms. The molecule has 3 aromatic rings. The highest BCUT2D eigenvalue weighted by Gasteiger charge is 2.30. The zero-order valence-electron chi connectivity index (χ0n) is 19.7. The summed E-state index contributed by atoms with van der Waals surface area (Å²) in [7, 11) is 4.97. The van der Waals surface area contributed by atoms with E-state index in [2.05, 4.69) is 27.9 Å². The van der Waals surface area contributed by atoms with Crippen molar-refractivity contribution >= 4 is 23.8 Å². The van der Waals surface area contributed by atoms with Crippen molar-refractivity contribution in [2.75, 3.05) is 32.6 Å². The Balaban J connectivity index is 1.45. The third kappa shape index (κ3) is 5.02. The van der Waals surface area contributed by atoms with Crippen LogP contribution in [0.4, 0.5) is 10.6 Å². The first-order chi connectivity index (χ1) is 16.8. The summed E-state index contributed by atoms with van der Waals surface area (Å²) in [6.45, 7) is 0.222. The van der Waals surface area contributed by atoms with Crippen molar-refractivity contribution in [3.63, 3.8) is 0 Å². The second-order valence-electron chi connectivity index (χ2n) is 8.61. The van der Waals surface area contributed by atoms with Crippen molar-refractivity contribution < 1.29 is 24.2 Å². The first-order valence-corrected chi connectivity index (χ1v) is 11.1. The number of ether oxygens (including phenoxy) is 1. The summed E-state index contributed by atoms with van der Waals surface area (Å²) in [6, 6.07) is 14.9. The molecule has 3 N–H and O–H groups in total. The summed E-state index contributed by atoms with van der Waals surface area (Å²) >= 11 is 0. The van der Waals surface area contributed by atoms with Gasteiger partial charge in [-0.2, -0.15) is 5.10 Å². The topological polar surface area (TPSA) is 126 Å². The van der Waals surface area contributed by atoms with Gasteiger partial charge in [0.2, 0.25) is 0 Å². The van der Waals surface area contributed by atoms with Gasteiger partial charge in [0.1, 0.15) is 24.0 Å². The molecule has 1 aromatic heterocycles. The molecule has 4 rings (SSSR count). The Hall–Kier alpha value is -4.18. The molecule has 1 aliphatic carbocycles. The van der Waals surface area contributed by atoms with Gasteiger partial charge in [-0.3, -0.25) is 14.8 Å². The molecule has 2 amide bonds. The molecule has 0 radical (unpaired) electrons. The van der Waals surface area contributed by atoms with Crippen LogP contribution in [0.5, 0.6) is 0 Å². The zero-order valence-corrected chi connectivity index (χ0v) is 19.7. The van der Waals surface area contributed by atoms with Crippen molar-refractivity contribution in [3.05, 3.63) is 71.4 Å². The second kappa shape index (κ2) is 9.98. The van der Waals surface area contributed by atoms with Gasteiger partial charge >= 0.3 is 12.1 Å². The van der Waals surface area contributed by atoms with Crippen LogP contribution < -0.4 is 10.6 Å². The number of aliphatic carboxylic acids is 1. The van der Waals surface area contributed by atoms with Crippen LogP contribution in [-0.4, -0.2) is 71.0 Å². The number of fused-ring (bicyclic) bond motifs is 3. The van der Waals surface area contributed by atoms with E-state index in [-0.39, 0.29) is 30.5 Å². The summed E-state index contributed by atoms with van der Waals surface area (Å²) in [5.74, 6) is -1.83. The third-order valence-corrected chi connectivity index (χ3v) is 5.90. The summed E-state index contributed by atoms with van der Waals surface area (Å²) < 4.78 is 6.87. The largest absolute Gasteiger partial charge is 0.480 e. The predicted molar refractivity (Wildman–Crippen MR) is 129 cm³/mol. The Kier molecular flexibility index (Phi) is 6.83. The van der Waals surface area contributed by atoms with E-state index in [1.165, 1.54) is 10.9 Å². The van der Waals surface area contributed by atoms with Gasteiger partial charge in [-0.1, -0.05) is 48.5 Å². The highest BCUT2D eigenvalue weighted by atomic mass is 16.5. The summed E-state index contributed by atoms with van der Waals surface area (Å²) in [4.78, 5) is 38.6. The Labute approximate surface area is 202 Å². The zero-order chi connectivity index (χ0) is 25.1. The number of anilines is 1. The summed E-state index contributed by atoms with van der Waals surface area (Å²) in [5, 5.41) is 18.5. The SMILES string of the molecule is CN(C)C[C@H](NC(=O)c1cnn(C)c1NC(=O)OCC1c2ccccc2-c2ccccc21)C(=O)O. The van der Waals surface area contributed by atoms with E-state index in [4.69, 9.17) is 4.74 Å². The molecule has 1 heterocycles. The molecule has 0 bridgehead atoms. The molecule has 1 atom stereocenters. The van der Waals surface area contributed by atoms with Crippen molar-refractivity contribution in [2.45, 2.75) is 12.0 Å². The summed E-state index contributed by atoms with van der Waals surface area (Å²) in [6.07, 6.45) is 0.524. The Morgan fingerprint density at radius 1 is 1.09 bits per heavy atom. The number of hydrogen-bond donors (Lipinski definition) is 3. The van der Waals surface area contributed by atoms with Crippen LogP contribution in [0.25, 0.3) is 11.1 Å². The molecule has 0 saturated carbocycles. The fraction of sp³-hybridized carbons (Fsp3) is 0.280. The van der Waals surface area contributed by atoms with Crippen molar-refractivity contribution in [1.82, 2.24) is 20.0 Å². The lowest BCUT2D eigenvalue weighted by Crippen LogP contribution is -2.47. The monoisotopic (exact) mass is 477 g/mol. The number of carbonyl (C=O) groups excluding carboxylic acids is 2. The Morgan fingerprint density at radius 2 is 1.69 bits per heavy atom. The van der Waals surface area contributed by atoms with Crippen molar-refractivity contribution in [3.8, 4) is 11.1 Å². The first-order valence-electron chi connectivity index (χ1n) is 11.1. The number of nitrogens with zero attached hydrogens (tertiary/aromatic N) is 3. The van der Waals surface area contributed by atoms with E-state index in [1.807, 2.05) is 36.4 Å². The highest BCUT2D eigenvalue weighted by molar-refractivity contribution is 6.03. The lowest BCUT2D eigenvalue weighted by atomic mass is 9.98. The van der Waals surface area contributed by atoms with E-state index in [0.717, 1.165) is 22.3 Å². The van der Waals surface area contributed by atoms with Gasteiger partial charge in [0.15, 0.2) is 0 Å². The van der Waals surface area contributed by atoms with Gasteiger partial charge < -0.3 is 20.1 Å². The normalized spacial score (nSPS) is 13.1. The number of carbonyl (C=O) groups is 3. The van der Waals surface area contributed by atoms with Gasteiger partial charge in [0, 0.05) is 19.5 Å². The summed E-state index contributed by atoms with van der Waals surface area (Å²) in [5.41, 5.74) is 4.44. The number of likely N-dealkylation sites (N-methyl/N-ethyl adjacent to an activating group) is 1. The van der Waals surface area contributed by atoms with Gasteiger partial charge in [-0.25, -0.2) is 9.59 Å². The standard InChI is InChI=1S/C25H27N5O5/c1-29(2)13-21(24(32)33)27-23(31)19-12-26-30(3)22(19)28-25(34)35-14-20-17-10-6-4-8-15(17)16-9-5-7-11-18(16)20/h4-12,20-21H,13-14H2,1-3H3,(H,27,31)(H,28,34)(H,32,33)/t21-/m0/s1. The molecule has 0 aliphatic heterocycles. The number of nitrogens with one attached hydrogen (secondary N) is 2.